The minimum Gasteiger partial charge on any atom is -0.371 e. The Labute approximate surface area is 147 Å². The van der Waals surface area contributed by atoms with E-state index in [9.17, 15) is 4.79 Å². The van der Waals surface area contributed by atoms with E-state index in [0.29, 0.717) is 4.88 Å². The van der Waals surface area contributed by atoms with E-state index >= 15 is 0 Å². The number of carbonyl (C=O) groups excluding carboxylic acids is 1. The van der Waals surface area contributed by atoms with Gasteiger partial charge in [0.05, 0.1) is 6.20 Å². The first-order chi connectivity index (χ1) is 11.4. The van der Waals surface area contributed by atoms with Gasteiger partial charge in [0.15, 0.2) is 0 Å². The predicted molar refractivity (Wildman–Crippen MR) is 97.8 cm³/mol. The summed E-state index contributed by atoms with van der Waals surface area (Å²) in [6.45, 7) is 8.61. The summed E-state index contributed by atoms with van der Waals surface area (Å²) in [5.41, 5.74) is 2.80. The topological polar surface area (TPSA) is 58.1 Å². The zero-order valence-corrected chi connectivity index (χ0v) is 15.3. The number of anilines is 1. The molecule has 24 heavy (non-hydrogen) atoms. The Morgan fingerprint density at radius 2 is 1.88 bits per heavy atom. The largest absolute Gasteiger partial charge is 0.371 e. The SMILES string of the molecule is CC(C)(C)c1ccc(N2CCC(NC(=O)c3cnns3)CC2)cc1. The highest BCUT2D eigenvalue weighted by molar-refractivity contribution is 7.07. The molecule has 3 rings (SSSR count). The normalized spacial score (nSPS) is 16.2. The molecule has 0 radical (unpaired) electrons. The third kappa shape index (κ3) is 3.93. The molecule has 2 aromatic rings. The van der Waals surface area contributed by atoms with Crippen molar-refractivity contribution in [2.45, 2.75) is 45.1 Å². The Kier molecular flexibility index (Phi) is 4.85. The van der Waals surface area contributed by atoms with E-state index in [4.69, 9.17) is 0 Å². The number of aromatic nitrogens is 2. The Morgan fingerprint density at radius 3 is 2.42 bits per heavy atom. The highest BCUT2D eigenvalue weighted by Crippen LogP contribution is 2.26. The lowest BCUT2D eigenvalue weighted by Crippen LogP contribution is -2.44. The van der Waals surface area contributed by atoms with Crippen LogP contribution in [0.3, 0.4) is 0 Å². The van der Waals surface area contributed by atoms with Gasteiger partial charge < -0.3 is 10.2 Å². The van der Waals surface area contributed by atoms with Gasteiger partial charge in [0.2, 0.25) is 0 Å². The summed E-state index contributed by atoms with van der Waals surface area (Å²) in [4.78, 5) is 15.0. The second kappa shape index (κ2) is 6.89. The van der Waals surface area contributed by atoms with Crippen molar-refractivity contribution < 1.29 is 4.79 Å². The molecule has 1 saturated heterocycles. The van der Waals surface area contributed by atoms with Crippen molar-refractivity contribution in [3.8, 4) is 0 Å². The smallest absolute Gasteiger partial charge is 0.264 e. The number of amides is 1. The van der Waals surface area contributed by atoms with Gasteiger partial charge in [-0.3, -0.25) is 4.79 Å². The molecule has 1 aliphatic heterocycles. The van der Waals surface area contributed by atoms with Crippen molar-refractivity contribution in [3.63, 3.8) is 0 Å². The van der Waals surface area contributed by atoms with Crippen LogP contribution in [0.25, 0.3) is 0 Å². The Morgan fingerprint density at radius 1 is 1.21 bits per heavy atom. The van der Waals surface area contributed by atoms with Gasteiger partial charge in [-0.1, -0.05) is 37.4 Å². The third-order valence-corrected chi connectivity index (χ3v) is 5.18. The van der Waals surface area contributed by atoms with E-state index in [0.717, 1.165) is 37.5 Å². The fourth-order valence-corrected chi connectivity index (χ4v) is 3.40. The molecule has 0 aliphatic carbocycles. The van der Waals surface area contributed by atoms with Crippen LogP contribution in [-0.2, 0) is 5.41 Å². The Balaban J connectivity index is 1.54. The first kappa shape index (κ1) is 16.9. The van der Waals surface area contributed by atoms with Gasteiger partial charge in [-0.05, 0) is 47.5 Å². The van der Waals surface area contributed by atoms with Crippen LogP contribution in [0.1, 0.15) is 48.8 Å². The summed E-state index contributed by atoms with van der Waals surface area (Å²) in [6.07, 6.45) is 3.43. The van der Waals surface area contributed by atoms with Crippen LogP contribution in [0.2, 0.25) is 0 Å². The van der Waals surface area contributed by atoms with E-state index < -0.39 is 0 Å². The van der Waals surface area contributed by atoms with Gasteiger partial charge >= 0.3 is 0 Å². The van der Waals surface area contributed by atoms with E-state index in [2.05, 4.69) is 64.8 Å². The molecule has 1 aromatic carbocycles. The molecule has 0 bridgehead atoms. The van der Waals surface area contributed by atoms with Gasteiger partial charge in [0.25, 0.3) is 5.91 Å². The van der Waals surface area contributed by atoms with Crippen LogP contribution in [0.4, 0.5) is 5.69 Å². The molecule has 5 nitrogen and oxygen atoms in total. The molecule has 0 saturated carbocycles. The molecule has 1 amide bonds. The lowest BCUT2D eigenvalue weighted by atomic mass is 9.87. The van der Waals surface area contributed by atoms with Crippen LogP contribution < -0.4 is 10.2 Å². The van der Waals surface area contributed by atoms with Crippen molar-refractivity contribution in [1.29, 1.82) is 0 Å². The monoisotopic (exact) mass is 344 g/mol. The lowest BCUT2D eigenvalue weighted by Gasteiger charge is -2.34. The van der Waals surface area contributed by atoms with E-state index in [1.54, 1.807) is 0 Å². The number of rotatable bonds is 3. The first-order valence-electron chi connectivity index (χ1n) is 8.37. The molecular weight excluding hydrogens is 320 g/mol. The van der Waals surface area contributed by atoms with Crippen molar-refractivity contribution in [1.82, 2.24) is 14.9 Å². The quantitative estimate of drug-likeness (QED) is 0.929. The number of nitrogens with one attached hydrogen (secondary N) is 1. The fourth-order valence-electron chi connectivity index (χ4n) is 2.98. The molecule has 1 fully saturated rings. The van der Waals surface area contributed by atoms with Crippen LogP contribution in [-0.4, -0.2) is 34.6 Å². The predicted octanol–water partition coefficient (Wildman–Crippen LogP) is 3.23. The number of benzene rings is 1. The summed E-state index contributed by atoms with van der Waals surface area (Å²) in [6, 6.07) is 9.09. The highest BCUT2D eigenvalue weighted by Gasteiger charge is 2.22. The molecule has 0 spiro atoms. The third-order valence-electron chi connectivity index (χ3n) is 4.51. The number of piperidine rings is 1. The van der Waals surface area contributed by atoms with E-state index in [1.807, 2.05) is 0 Å². The average Bonchev–Trinajstić information content (AvgIpc) is 3.09. The maximum absolute atomic E-state index is 12.1. The second-order valence-electron chi connectivity index (χ2n) is 7.31. The average molecular weight is 344 g/mol. The summed E-state index contributed by atoms with van der Waals surface area (Å²) in [7, 11) is 0. The zero-order chi connectivity index (χ0) is 17.2. The van der Waals surface area contributed by atoms with Crippen LogP contribution >= 0.6 is 11.5 Å². The summed E-state index contributed by atoms with van der Waals surface area (Å²) in [5.74, 6) is -0.0574. The molecule has 6 heteroatoms. The first-order valence-corrected chi connectivity index (χ1v) is 9.14. The van der Waals surface area contributed by atoms with Crippen molar-refractivity contribution in [3.05, 3.63) is 40.9 Å². The van der Waals surface area contributed by atoms with Crippen molar-refractivity contribution >= 4 is 23.1 Å². The summed E-state index contributed by atoms with van der Waals surface area (Å²) >= 11 is 1.14. The molecule has 0 unspecified atom stereocenters. The van der Waals surface area contributed by atoms with Gasteiger partial charge in [-0.15, -0.1) is 5.10 Å². The molecule has 128 valence electrons. The minimum absolute atomic E-state index is 0.0574. The summed E-state index contributed by atoms with van der Waals surface area (Å²) < 4.78 is 3.73. The minimum atomic E-state index is -0.0574. The Bertz CT molecular complexity index is 668. The number of carbonyl (C=O) groups is 1. The molecular formula is C18H24N4OS. The van der Waals surface area contributed by atoms with Gasteiger partial charge in [0, 0.05) is 24.8 Å². The molecule has 1 aromatic heterocycles. The highest BCUT2D eigenvalue weighted by atomic mass is 32.1. The van der Waals surface area contributed by atoms with Crippen molar-refractivity contribution in [2.75, 3.05) is 18.0 Å². The summed E-state index contributed by atoms with van der Waals surface area (Å²) in [5, 5.41) is 6.80. The standard InChI is InChI=1S/C18H24N4OS/c1-18(2,3)13-4-6-15(7-5-13)22-10-8-14(9-11-22)20-17(23)16-12-19-21-24-16/h4-7,12,14H,8-11H2,1-3H3,(H,20,23). The van der Waals surface area contributed by atoms with Crippen LogP contribution in [0.5, 0.6) is 0 Å². The molecule has 2 heterocycles. The lowest BCUT2D eigenvalue weighted by molar-refractivity contribution is 0.0935. The maximum atomic E-state index is 12.1. The van der Waals surface area contributed by atoms with Gasteiger partial charge in [0.1, 0.15) is 4.88 Å². The van der Waals surface area contributed by atoms with E-state index in [1.165, 1.54) is 17.4 Å². The van der Waals surface area contributed by atoms with Crippen LogP contribution in [0.15, 0.2) is 30.5 Å². The molecule has 0 atom stereocenters. The Hall–Kier alpha value is -1.95. The molecule has 1 aliphatic rings. The number of nitrogens with zero attached hydrogens (tertiary/aromatic N) is 3. The number of hydrogen-bond acceptors (Lipinski definition) is 5. The number of hydrogen-bond donors (Lipinski definition) is 1. The van der Waals surface area contributed by atoms with Crippen LogP contribution in [0, 0.1) is 0 Å². The fraction of sp³-hybridized carbons (Fsp3) is 0.500. The zero-order valence-electron chi connectivity index (χ0n) is 14.5. The van der Waals surface area contributed by atoms with Gasteiger partial charge in [-0.25, -0.2) is 0 Å². The second-order valence-corrected chi connectivity index (χ2v) is 8.10. The van der Waals surface area contributed by atoms with E-state index in [-0.39, 0.29) is 17.4 Å². The maximum Gasteiger partial charge on any atom is 0.264 e. The van der Waals surface area contributed by atoms with Crippen molar-refractivity contribution in [2.24, 2.45) is 0 Å². The van der Waals surface area contributed by atoms with Gasteiger partial charge in [-0.2, -0.15) is 0 Å². The molecule has 1 N–H and O–H groups in total.